The summed E-state index contributed by atoms with van der Waals surface area (Å²) in [7, 11) is 0. The Kier molecular flexibility index (Phi) is 3.39. The Bertz CT molecular complexity index is 475. The number of carboxylic acid groups (broad SMARTS) is 1. The quantitative estimate of drug-likeness (QED) is 0.897. The molecular weight excluding hydrogens is 233 g/mol. The molecule has 1 fully saturated rings. The Labute approximate surface area is 106 Å². The van der Waals surface area contributed by atoms with E-state index in [0.717, 1.165) is 24.1 Å². The van der Waals surface area contributed by atoms with Crippen molar-refractivity contribution in [3.63, 3.8) is 0 Å². The summed E-state index contributed by atoms with van der Waals surface area (Å²) in [6, 6.07) is 4.66. The van der Waals surface area contributed by atoms with Crippen molar-refractivity contribution in [1.29, 1.82) is 0 Å². The van der Waals surface area contributed by atoms with Gasteiger partial charge in [0.15, 0.2) is 0 Å². The number of rotatable bonds is 3. The van der Waals surface area contributed by atoms with Crippen LogP contribution in [0.4, 0.5) is 4.39 Å². The number of hydrogen-bond acceptors (Lipinski definition) is 2. The molecule has 1 unspecified atom stereocenters. The fraction of sp³-hybridized carbons (Fsp3) is 0.500. The largest absolute Gasteiger partial charge is 0.480 e. The van der Waals surface area contributed by atoms with E-state index in [1.165, 1.54) is 12.1 Å². The number of aryl methyl sites for hydroxylation is 1. The first-order chi connectivity index (χ1) is 8.43. The van der Waals surface area contributed by atoms with Crippen molar-refractivity contribution in [2.45, 2.75) is 38.8 Å². The Balaban J connectivity index is 2.23. The molecule has 98 valence electrons. The number of nitrogens with zero attached hydrogens (tertiary/aromatic N) is 1. The van der Waals surface area contributed by atoms with Crippen molar-refractivity contribution in [2.75, 3.05) is 6.54 Å². The van der Waals surface area contributed by atoms with E-state index in [4.69, 9.17) is 0 Å². The highest BCUT2D eigenvalue weighted by Crippen LogP contribution is 2.31. The molecule has 18 heavy (non-hydrogen) atoms. The molecular formula is C14H18FNO2. The number of likely N-dealkylation sites (tertiary alicyclic amines) is 1. The molecule has 4 heteroatoms. The van der Waals surface area contributed by atoms with Crippen LogP contribution in [-0.2, 0) is 11.3 Å². The van der Waals surface area contributed by atoms with Gasteiger partial charge in [0, 0.05) is 6.54 Å². The van der Waals surface area contributed by atoms with Gasteiger partial charge in [-0.1, -0.05) is 6.07 Å². The normalized spacial score (nSPS) is 24.4. The average Bonchev–Trinajstić information content (AvgIpc) is 2.67. The topological polar surface area (TPSA) is 40.5 Å². The van der Waals surface area contributed by atoms with Gasteiger partial charge in [-0.2, -0.15) is 0 Å². The smallest absolute Gasteiger partial charge is 0.323 e. The highest BCUT2D eigenvalue weighted by Gasteiger charge is 2.43. The zero-order valence-electron chi connectivity index (χ0n) is 10.7. The van der Waals surface area contributed by atoms with Gasteiger partial charge in [0.1, 0.15) is 11.4 Å². The second-order valence-electron chi connectivity index (χ2n) is 5.17. The predicted molar refractivity (Wildman–Crippen MR) is 66.8 cm³/mol. The standard InChI is InChI=1S/C14H18FNO2/c1-10-4-5-12(15)8-11(10)9-16-7-3-6-14(16,2)13(17)18/h4-5,8H,3,6-7,9H2,1-2H3,(H,17,18). The summed E-state index contributed by atoms with van der Waals surface area (Å²) in [5.74, 6) is -1.07. The van der Waals surface area contributed by atoms with Gasteiger partial charge >= 0.3 is 5.97 Å². The third kappa shape index (κ3) is 2.25. The molecule has 1 atom stereocenters. The Hall–Kier alpha value is -1.42. The van der Waals surface area contributed by atoms with Crippen LogP contribution in [0.3, 0.4) is 0 Å². The molecule has 0 bridgehead atoms. The summed E-state index contributed by atoms with van der Waals surface area (Å²) in [6.45, 7) is 4.91. The highest BCUT2D eigenvalue weighted by atomic mass is 19.1. The number of carbonyl (C=O) groups is 1. The predicted octanol–water partition coefficient (Wildman–Crippen LogP) is 2.57. The third-order valence-electron chi connectivity index (χ3n) is 3.92. The minimum Gasteiger partial charge on any atom is -0.480 e. The van der Waals surface area contributed by atoms with Crippen molar-refractivity contribution < 1.29 is 14.3 Å². The molecule has 0 amide bonds. The second-order valence-corrected chi connectivity index (χ2v) is 5.17. The Morgan fingerprint density at radius 3 is 2.94 bits per heavy atom. The van der Waals surface area contributed by atoms with E-state index in [2.05, 4.69) is 0 Å². The summed E-state index contributed by atoms with van der Waals surface area (Å²) < 4.78 is 13.2. The number of halogens is 1. The Morgan fingerprint density at radius 2 is 2.28 bits per heavy atom. The molecule has 1 aliphatic heterocycles. The van der Waals surface area contributed by atoms with E-state index in [1.807, 2.05) is 11.8 Å². The molecule has 0 radical (unpaired) electrons. The second kappa shape index (κ2) is 4.69. The van der Waals surface area contributed by atoms with Crippen LogP contribution in [0.1, 0.15) is 30.9 Å². The fourth-order valence-corrected chi connectivity index (χ4v) is 2.53. The minimum atomic E-state index is -0.821. The maximum Gasteiger partial charge on any atom is 0.323 e. The van der Waals surface area contributed by atoms with Crippen LogP contribution in [0.5, 0.6) is 0 Å². The molecule has 1 heterocycles. The molecule has 1 saturated heterocycles. The lowest BCUT2D eigenvalue weighted by Crippen LogP contribution is -2.47. The van der Waals surface area contributed by atoms with Crippen LogP contribution in [0.25, 0.3) is 0 Å². The van der Waals surface area contributed by atoms with Crippen molar-refractivity contribution in [1.82, 2.24) is 4.90 Å². The van der Waals surface area contributed by atoms with E-state index in [1.54, 1.807) is 13.0 Å². The SMILES string of the molecule is Cc1ccc(F)cc1CN1CCCC1(C)C(=O)O. The van der Waals surface area contributed by atoms with Gasteiger partial charge < -0.3 is 5.11 Å². The number of hydrogen-bond donors (Lipinski definition) is 1. The number of benzene rings is 1. The van der Waals surface area contributed by atoms with Crippen molar-refractivity contribution in [2.24, 2.45) is 0 Å². The van der Waals surface area contributed by atoms with Crippen molar-refractivity contribution in [3.8, 4) is 0 Å². The molecule has 0 aromatic heterocycles. The molecule has 0 saturated carbocycles. The molecule has 0 spiro atoms. The van der Waals surface area contributed by atoms with Gasteiger partial charge in [0.05, 0.1) is 0 Å². The molecule has 0 aliphatic carbocycles. The first kappa shape index (κ1) is 13.0. The lowest BCUT2D eigenvalue weighted by Gasteiger charge is -2.31. The number of carboxylic acids is 1. The van der Waals surface area contributed by atoms with Crippen molar-refractivity contribution >= 4 is 5.97 Å². The lowest BCUT2D eigenvalue weighted by molar-refractivity contribution is -0.148. The van der Waals surface area contributed by atoms with Gasteiger partial charge in [-0.15, -0.1) is 0 Å². The van der Waals surface area contributed by atoms with Crippen LogP contribution >= 0.6 is 0 Å². The van der Waals surface area contributed by atoms with Gasteiger partial charge in [-0.3, -0.25) is 9.69 Å². The van der Waals surface area contributed by atoms with Gasteiger partial charge in [0.25, 0.3) is 0 Å². The van der Waals surface area contributed by atoms with Crippen LogP contribution in [0, 0.1) is 12.7 Å². The summed E-state index contributed by atoms with van der Waals surface area (Å²) in [6.07, 6.45) is 1.52. The first-order valence-corrected chi connectivity index (χ1v) is 6.17. The molecule has 1 aromatic rings. The zero-order chi connectivity index (χ0) is 13.3. The minimum absolute atomic E-state index is 0.271. The fourth-order valence-electron chi connectivity index (χ4n) is 2.53. The van der Waals surface area contributed by atoms with Gasteiger partial charge in [-0.05, 0) is 56.5 Å². The first-order valence-electron chi connectivity index (χ1n) is 6.17. The Morgan fingerprint density at radius 1 is 1.56 bits per heavy atom. The van der Waals surface area contributed by atoms with E-state index in [0.29, 0.717) is 13.0 Å². The maximum absolute atomic E-state index is 13.2. The van der Waals surface area contributed by atoms with Crippen LogP contribution < -0.4 is 0 Å². The summed E-state index contributed by atoms with van der Waals surface area (Å²) >= 11 is 0. The summed E-state index contributed by atoms with van der Waals surface area (Å²) in [4.78, 5) is 13.3. The van der Waals surface area contributed by atoms with Crippen molar-refractivity contribution in [3.05, 3.63) is 35.1 Å². The third-order valence-corrected chi connectivity index (χ3v) is 3.92. The maximum atomic E-state index is 13.2. The number of aliphatic carboxylic acids is 1. The monoisotopic (exact) mass is 251 g/mol. The van der Waals surface area contributed by atoms with Crippen LogP contribution in [-0.4, -0.2) is 28.1 Å². The van der Waals surface area contributed by atoms with Gasteiger partial charge in [-0.25, -0.2) is 4.39 Å². The average molecular weight is 251 g/mol. The van der Waals surface area contributed by atoms with Crippen LogP contribution in [0.15, 0.2) is 18.2 Å². The van der Waals surface area contributed by atoms with E-state index in [9.17, 15) is 14.3 Å². The molecule has 1 aliphatic rings. The summed E-state index contributed by atoms with van der Waals surface area (Å²) in [5, 5.41) is 9.33. The zero-order valence-corrected chi connectivity index (χ0v) is 10.7. The molecule has 3 nitrogen and oxygen atoms in total. The van der Waals surface area contributed by atoms with E-state index >= 15 is 0 Å². The molecule has 1 N–H and O–H groups in total. The molecule has 2 rings (SSSR count). The van der Waals surface area contributed by atoms with E-state index in [-0.39, 0.29) is 5.82 Å². The van der Waals surface area contributed by atoms with E-state index < -0.39 is 11.5 Å². The summed E-state index contributed by atoms with van der Waals surface area (Å²) in [5.41, 5.74) is 1.04. The van der Waals surface area contributed by atoms with Gasteiger partial charge in [0.2, 0.25) is 0 Å². The van der Waals surface area contributed by atoms with Crippen LogP contribution in [0.2, 0.25) is 0 Å². The highest BCUT2D eigenvalue weighted by molar-refractivity contribution is 5.78. The lowest BCUT2D eigenvalue weighted by atomic mass is 9.98. The molecule has 1 aromatic carbocycles.